The Morgan fingerprint density at radius 2 is 2.38 bits per heavy atom. The molecule has 0 saturated carbocycles. The first-order chi connectivity index (χ1) is 7.66. The Morgan fingerprint density at radius 1 is 1.56 bits per heavy atom. The third-order valence-electron chi connectivity index (χ3n) is 1.99. The average molecular weight is 237 g/mol. The Kier molecular flexibility index (Phi) is 2.95. The lowest BCUT2D eigenvalue weighted by Gasteiger charge is -2.00. The van der Waals surface area contributed by atoms with E-state index in [0.29, 0.717) is 17.2 Å². The molecule has 0 atom stereocenters. The molecule has 6 nitrogen and oxygen atoms in total. The minimum Gasteiger partial charge on any atom is -0.344 e. The van der Waals surface area contributed by atoms with Crippen LogP contribution < -0.4 is 5.32 Å². The Morgan fingerprint density at radius 3 is 2.94 bits per heavy atom. The van der Waals surface area contributed by atoms with E-state index in [2.05, 4.69) is 25.5 Å². The van der Waals surface area contributed by atoms with Crippen molar-refractivity contribution < 1.29 is 4.79 Å². The first-order valence-electron chi connectivity index (χ1n) is 4.73. The normalized spacial score (nSPS) is 10.4. The van der Waals surface area contributed by atoms with Gasteiger partial charge in [-0.25, -0.2) is 9.97 Å². The molecule has 0 spiro atoms. The van der Waals surface area contributed by atoms with E-state index in [1.54, 1.807) is 0 Å². The second-order valence-corrected chi connectivity index (χ2v) is 4.47. The third kappa shape index (κ3) is 2.25. The average Bonchev–Trinajstić information content (AvgIpc) is 2.84. The van der Waals surface area contributed by atoms with Gasteiger partial charge in [-0.05, 0) is 13.8 Å². The van der Waals surface area contributed by atoms with Gasteiger partial charge in [0.2, 0.25) is 0 Å². The van der Waals surface area contributed by atoms with Crippen LogP contribution in [0.15, 0.2) is 6.33 Å². The van der Waals surface area contributed by atoms with Crippen molar-refractivity contribution in [2.24, 2.45) is 0 Å². The highest BCUT2D eigenvalue weighted by molar-refractivity contribution is 7.13. The Balaban J connectivity index is 2.01. The number of aryl methyl sites for hydroxylation is 2. The van der Waals surface area contributed by atoms with Gasteiger partial charge < -0.3 is 5.32 Å². The maximum atomic E-state index is 11.8. The summed E-state index contributed by atoms with van der Waals surface area (Å²) in [5.41, 5.74) is 0.762. The monoisotopic (exact) mass is 237 g/mol. The van der Waals surface area contributed by atoms with Crippen molar-refractivity contribution in [2.75, 3.05) is 0 Å². The van der Waals surface area contributed by atoms with Gasteiger partial charge in [-0.2, -0.15) is 5.10 Å². The maximum absolute atomic E-state index is 11.8. The Bertz CT molecular complexity index is 490. The summed E-state index contributed by atoms with van der Waals surface area (Å²) in [4.78, 5) is 20.5. The second kappa shape index (κ2) is 4.40. The first kappa shape index (κ1) is 10.7. The molecule has 7 heteroatoms. The molecule has 2 rings (SSSR count). The van der Waals surface area contributed by atoms with Crippen LogP contribution in [0.5, 0.6) is 0 Å². The van der Waals surface area contributed by atoms with Crippen LogP contribution in [0.4, 0.5) is 0 Å². The number of nitrogens with zero attached hydrogens (tertiary/aromatic N) is 3. The molecule has 0 saturated heterocycles. The first-order valence-corrected chi connectivity index (χ1v) is 5.55. The molecule has 0 radical (unpaired) electrons. The summed E-state index contributed by atoms with van der Waals surface area (Å²) in [6.07, 6.45) is 1.41. The number of amides is 1. The highest BCUT2D eigenvalue weighted by Gasteiger charge is 2.13. The molecule has 2 heterocycles. The van der Waals surface area contributed by atoms with Gasteiger partial charge in [0, 0.05) is 0 Å². The summed E-state index contributed by atoms with van der Waals surface area (Å²) >= 11 is 1.39. The molecule has 0 unspecified atom stereocenters. The summed E-state index contributed by atoms with van der Waals surface area (Å²) in [6, 6.07) is 0. The molecule has 1 amide bonds. The number of aromatic nitrogens is 4. The van der Waals surface area contributed by atoms with Gasteiger partial charge in [-0.15, -0.1) is 11.3 Å². The Hall–Kier alpha value is -1.76. The smallest absolute Gasteiger partial charge is 0.263 e. The molecule has 0 aliphatic heterocycles. The molecule has 0 aliphatic rings. The van der Waals surface area contributed by atoms with Gasteiger partial charge in [-0.1, -0.05) is 0 Å². The number of rotatable bonds is 3. The van der Waals surface area contributed by atoms with Crippen LogP contribution in [0, 0.1) is 13.8 Å². The predicted molar refractivity (Wildman–Crippen MR) is 59.1 cm³/mol. The van der Waals surface area contributed by atoms with Crippen LogP contribution in [-0.4, -0.2) is 26.1 Å². The van der Waals surface area contributed by atoms with Crippen molar-refractivity contribution in [1.82, 2.24) is 25.5 Å². The van der Waals surface area contributed by atoms with E-state index in [1.807, 2.05) is 13.8 Å². The van der Waals surface area contributed by atoms with Crippen molar-refractivity contribution in [1.29, 1.82) is 0 Å². The lowest BCUT2D eigenvalue weighted by molar-refractivity contribution is 0.0953. The van der Waals surface area contributed by atoms with E-state index in [4.69, 9.17) is 0 Å². The van der Waals surface area contributed by atoms with E-state index in [0.717, 1.165) is 10.7 Å². The predicted octanol–water partition coefficient (Wildman–Crippen LogP) is 0.808. The lowest BCUT2D eigenvalue weighted by atomic mass is 10.3. The summed E-state index contributed by atoms with van der Waals surface area (Å²) in [5, 5.41) is 10.0. The van der Waals surface area contributed by atoms with Crippen LogP contribution >= 0.6 is 11.3 Å². The Labute approximate surface area is 96.1 Å². The molecule has 0 aliphatic carbocycles. The fraction of sp³-hybridized carbons (Fsp3) is 0.333. The largest absolute Gasteiger partial charge is 0.344 e. The highest BCUT2D eigenvalue weighted by Crippen LogP contribution is 2.16. The summed E-state index contributed by atoms with van der Waals surface area (Å²) < 4.78 is 0. The fourth-order valence-corrected chi connectivity index (χ4v) is 2.14. The van der Waals surface area contributed by atoms with Crippen molar-refractivity contribution in [3.63, 3.8) is 0 Å². The van der Waals surface area contributed by atoms with E-state index < -0.39 is 0 Å². The van der Waals surface area contributed by atoms with E-state index in [9.17, 15) is 4.79 Å². The molecule has 2 N–H and O–H groups in total. The zero-order valence-corrected chi connectivity index (χ0v) is 9.76. The number of aromatic amines is 1. The van der Waals surface area contributed by atoms with E-state index in [1.165, 1.54) is 17.7 Å². The highest BCUT2D eigenvalue weighted by atomic mass is 32.1. The van der Waals surface area contributed by atoms with Crippen LogP contribution in [0.25, 0.3) is 0 Å². The van der Waals surface area contributed by atoms with Crippen LogP contribution in [0.1, 0.15) is 26.2 Å². The SMILES string of the molecule is Cc1nc(C)c(C(=O)NCc2ncn[nH]2)s1. The second-order valence-electron chi connectivity index (χ2n) is 3.26. The molecule has 2 aromatic rings. The van der Waals surface area contributed by atoms with Crippen molar-refractivity contribution in [2.45, 2.75) is 20.4 Å². The van der Waals surface area contributed by atoms with Gasteiger partial charge in [-0.3, -0.25) is 9.89 Å². The molecular formula is C9H11N5OS. The van der Waals surface area contributed by atoms with Gasteiger partial charge in [0.1, 0.15) is 17.0 Å². The zero-order chi connectivity index (χ0) is 11.5. The lowest BCUT2D eigenvalue weighted by Crippen LogP contribution is -2.23. The third-order valence-corrected chi connectivity index (χ3v) is 3.06. The van der Waals surface area contributed by atoms with Gasteiger partial charge in [0.15, 0.2) is 0 Å². The zero-order valence-electron chi connectivity index (χ0n) is 8.94. The van der Waals surface area contributed by atoms with E-state index in [-0.39, 0.29) is 5.91 Å². The summed E-state index contributed by atoms with van der Waals surface area (Å²) in [7, 11) is 0. The molecule has 0 bridgehead atoms. The number of thiazole rings is 1. The van der Waals surface area contributed by atoms with Crippen LogP contribution in [-0.2, 0) is 6.54 Å². The number of nitrogens with one attached hydrogen (secondary N) is 2. The number of carbonyl (C=O) groups excluding carboxylic acids is 1. The number of carbonyl (C=O) groups is 1. The van der Waals surface area contributed by atoms with Crippen LogP contribution in [0.2, 0.25) is 0 Å². The van der Waals surface area contributed by atoms with Gasteiger partial charge in [0.25, 0.3) is 5.91 Å². The van der Waals surface area contributed by atoms with Gasteiger partial charge in [0.05, 0.1) is 17.2 Å². The minimum atomic E-state index is -0.125. The number of hydrogen-bond acceptors (Lipinski definition) is 5. The van der Waals surface area contributed by atoms with Crippen LogP contribution in [0.3, 0.4) is 0 Å². The van der Waals surface area contributed by atoms with Gasteiger partial charge >= 0.3 is 0 Å². The number of hydrogen-bond donors (Lipinski definition) is 2. The minimum absolute atomic E-state index is 0.125. The molecule has 84 valence electrons. The van der Waals surface area contributed by atoms with Crippen molar-refractivity contribution in [3.05, 3.63) is 27.7 Å². The number of H-pyrrole nitrogens is 1. The molecule has 2 aromatic heterocycles. The molecular weight excluding hydrogens is 226 g/mol. The molecule has 16 heavy (non-hydrogen) atoms. The molecule has 0 fully saturated rings. The summed E-state index contributed by atoms with van der Waals surface area (Å²) in [6.45, 7) is 4.05. The standard InChI is InChI=1S/C9H11N5OS/c1-5-8(16-6(2)13-5)9(15)10-3-7-11-4-12-14-7/h4H,3H2,1-2H3,(H,10,15)(H,11,12,14). The fourth-order valence-electron chi connectivity index (χ4n) is 1.30. The van der Waals surface area contributed by atoms with Crippen molar-refractivity contribution in [3.8, 4) is 0 Å². The van der Waals surface area contributed by atoms with Crippen molar-refractivity contribution >= 4 is 17.2 Å². The maximum Gasteiger partial charge on any atom is 0.263 e. The quantitative estimate of drug-likeness (QED) is 0.827. The van der Waals surface area contributed by atoms with E-state index >= 15 is 0 Å². The molecule has 0 aromatic carbocycles. The summed E-state index contributed by atoms with van der Waals surface area (Å²) in [5.74, 6) is 0.506. The topological polar surface area (TPSA) is 83.6 Å².